The summed E-state index contributed by atoms with van der Waals surface area (Å²) in [5.74, 6) is -2.01. The van der Waals surface area contributed by atoms with Crippen molar-refractivity contribution >= 4 is 23.6 Å². The number of hydrogen-bond acceptors (Lipinski definition) is 5. The van der Waals surface area contributed by atoms with E-state index in [1.807, 2.05) is 0 Å². The molecule has 1 aromatic rings. The fraction of sp³-hybridized carbons (Fsp3) is 0.385. The third kappa shape index (κ3) is 2.76. The van der Waals surface area contributed by atoms with Gasteiger partial charge in [-0.3, -0.25) is 9.80 Å². The number of benzene rings is 1. The number of carbonyl (C=O) groups excluding carboxylic acids is 2. The van der Waals surface area contributed by atoms with Crippen molar-refractivity contribution < 1.29 is 27.8 Å². The SMILES string of the molecule is [N-]=[N+]=NC[C@H]1CN(c2cc(F)c(N3CCOC3=O)c(F)c2)C(=O)O1. The van der Waals surface area contributed by atoms with Gasteiger partial charge < -0.3 is 9.47 Å². The second-order valence-electron chi connectivity index (χ2n) is 5.05. The lowest BCUT2D eigenvalue weighted by Gasteiger charge is -2.18. The van der Waals surface area contributed by atoms with Crippen molar-refractivity contribution in [1.29, 1.82) is 0 Å². The Morgan fingerprint density at radius 3 is 2.54 bits per heavy atom. The highest BCUT2D eigenvalue weighted by Crippen LogP contribution is 2.32. The van der Waals surface area contributed by atoms with Crippen LogP contribution >= 0.6 is 0 Å². The molecule has 2 amide bonds. The zero-order chi connectivity index (χ0) is 17.3. The molecule has 3 rings (SSSR count). The second-order valence-corrected chi connectivity index (χ2v) is 5.05. The fourth-order valence-electron chi connectivity index (χ4n) is 2.52. The van der Waals surface area contributed by atoms with E-state index in [-0.39, 0.29) is 31.9 Å². The molecule has 2 fully saturated rings. The zero-order valence-corrected chi connectivity index (χ0v) is 12.2. The molecule has 126 valence electrons. The molecule has 1 atom stereocenters. The van der Waals surface area contributed by atoms with E-state index in [9.17, 15) is 18.4 Å². The number of carbonyl (C=O) groups is 2. The van der Waals surface area contributed by atoms with Gasteiger partial charge in [-0.1, -0.05) is 5.11 Å². The Morgan fingerprint density at radius 1 is 1.25 bits per heavy atom. The first-order chi connectivity index (χ1) is 11.5. The molecule has 0 aliphatic carbocycles. The minimum absolute atomic E-state index is 0.0121. The largest absolute Gasteiger partial charge is 0.447 e. The van der Waals surface area contributed by atoms with Gasteiger partial charge in [0.1, 0.15) is 18.4 Å². The van der Waals surface area contributed by atoms with Crippen LogP contribution in [-0.4, -0.2) is 44.5 Å². The Balaban J connectivity index is 1.86. The molecule has 0 unspecified atom stereocenters. The predicted octanol–water partition coefficient (Wildman–Crippen LogP) is 2.56. The van der Waals surface area contributed by atoms with Gasteiger partial charge in [0.2, 0.25) is 0 Å². The van der Waals surface area contributed by atoms with Gasteiger partial charge in [-0.05, 0) is 5.53 Å². The van der Waals surface area contributed by atoms with Crippen LogP contribution in [-0.2, 0) is 9.47 Å². The molecule has 0 aromatic heterocycles. The summed E-state index contributed by atoms with van der Waals surface area (Å²) < 4.78 is 38.2. The number of anilines is 2. The van der Waals surface area contributed by atoms with Gasteiger partial charge in [-0.25, -0.2) is 18.4 Å². The lowest BCUT2D eigenvalue weighted by Crippen LogP contribution is -2.28. The molecular formula is C13H11F2N5O4. The van der Waals surface area contributed by atoms with Gasteiger partial charge in [0, 0.05) is 17.0 Å². The molecule has 2 aliphatic heterocycles. The highest BCUT2D eigenvalue weighted by molar-refractivity contribution is 5.92. The molecule has 1 aromatic carbocycles. The van der Waals surface area contributed by atoms with Crippen LogP contribution in [0.25, 0.3) is 10.4 Å². The predicted molar refractivity (Wildman–Crippen MR) is 76.7 cm³/mol. The van der Waals surface area contributed by atoms with Crippen molar-refractivity contribution in [2.24, 2.45) is 5.11 Å². The Morgan fingerprint density at radius 2 is 1.96 bits per heavy atom. The van der Waals surface area contributed by atoms with E-state index in [1.165, 1.54) is 0 Å². The van der Waals surface area contributed by atoms with Crippen molar-refractivity contribution in [3.05, 3.63) is 34.2 Å². The first kappa shape index (κ1) is 15.8. The van der Waals surface area contributed by atoms with E-state index in [1.54, 1.807) is 0 Å². The number of hydrogen-bond donors (Lipinski definition) is 0. The normalized spacial score (nSPS) is 20.0. The molecular weight excluding hydrogens is 328 g/mol. The lowest BCUT2D eigenvalue weighted by molar-refractivity contribution is 0.145. The summed E-state index contributed by atoms with van der Waals surface area (Å²) >= 11 is 0. The Hall–Kier alpha value is -3.07. The van der Waals surface area contributed by atoms with Crippen LogP contribution in [0.1, 0.15) is 0 Å². The van der Waals surface area contributed by atoms with Crippen LogP contribution in [0, 0.1) is 11.6 Å². The smallest absolute Gasteiger partial charge is 0.414 e. The van der Waals surface area contributed by atoms with Crippen molar-refractivity contribution in [1.82, 2.24) is 0 Å². The minimum atomic E-state index is -1.00. The summed E-state index contributed by atoms with van der Waals surface area (Å²) in [6.07, 6.45) is -2.34. The standard InChI is InChI=1S/C13H11F2N5O4/c14-9-3-7(20-6-8(5-17-18-16)24-13(20)22)4-10(15)11(9)19-1-2-23-12(19)21/h3-4,8H,1-2,5-6H2/t8-/m0/s1. The Bertz CT molecular complexity index is 729. The number of azide groups is 1. The zero-order valence-electron chi connectivity index (χ0n) is 12.2. The van der Waals surface area contributed by atoms with Gasteiger partial charge in [-0.2, -0.15) is 0 Å². The average Bonchev–Trinajstić information content (AvgIpc) is 3.11. The molecule has 2 heterocycles. The lowest BCUT2D eigenvalue weighted by atomic mass is 10.2. The number of nitrogens with zero attached hydrogens (tertiary/aromatic N) is 5. The Labute approximate surface area is 134 Å². The molecule has 0 bridgehead atoms. The maximum absolute atomic E-state index is 14.3. The van der Waals surface area contributed by atoms with Gasteiger partial charge in [0.05, 0.1) is 25.3 Å². The minimum Gasteiger partial charge on any atom is -0.447 e. The van der Waals surface area contributed by atoms with E-state index in [2.05, 4.69) is 14.8 Å². The molecule has 0 radical (unpaired) electrons. The summed E-state index contributed by atoms with van der Waals surface area (Å²) in [6.45, 7) is -0.0196. The Kier molecular flexibility index (Phi) is 4.09. The summed E-state index contributed by atoms with van der Waals surface area (Å²) in [4.78, 5) is 27.7. The number of amides is 2. The molecule has 0 N–H and O–H groups in total. The van der Waals surface area contributed by atoms with Crippen molar-refractivity contribution in [2.45, 2.75) is 6.10 Å². The van der Waals surface area contributed by atoms with Crippen molar-refractivity contribution in [3.8, 4) is 0 Å². The van der Waals surface area contributed by atoms with Gasteiger partial charge >= 0.3 is 12.2 Å². The van der Waals surface area contributed by atoms with E-state index < -0.39 is 35.6 Å². The molecule has 24 heavy (non-hydrogen) atoms. The van der Waals surface area contributed by atoms with Crippen LogP contribution in [0.3, 0.4) is 0 Å². The molecule has 2 aliphatic rings. The highest BCUT2D eigenvalue weighted by Gasteiger charge is 2.34. The highest BCUT2D eigenvalue weighted by atomic mass is 19.1. The van der Waals surface area contributed by atoms with E-state index in [0.29, 0.717) is 0 Å². The van der Waals surface area contributed by atoms with Gasteiger partial charge in [-0.15, -0.1) is 0 Å². The second kappa shape index (κ2) is 6.20. The van der Waals surface area contributed by atoms with Gasteiger partial charge in [0.25, 0.3) is 0 Å². The molecule has 9 nitrogen and oxygen atoms in total. The third-order valence-corrected chi connectivity index (χ3v) is 3.57. The first-order valence-corrected chi connectivity index (χ1v) is 6.93. The average molecular weight is 339 g/mol. The third-order valence-electron chi connectivity index (χ3n) is 3.57. The summed E-state index contributed by atoms with van der Waals surface area (Å²) in [5.41, 5.74) is 7.68. The van der Waals surface area contributed by atoms with Crippen LogP contribution < -0.4 is 9.80 Å². The summed E-state index contributed by atoms with van der Waals surface area (Å²) in [5, 5.41) is 3.30. The van der Waals surface area contributed by atoms with Gasteiger partial charge in [0.15, 0.2) is 11.6 Å². The van der Waals surface area contributed by atoms with Crippen LogP contribution in [0.4, 0.5) is 29.7 Å². The fourth-order valence-corrected chi connectivity index (χ4v) is 2.52. The topological polar surface area (TPSA) is 108 Å². The molecule has 0 saturated carbocycles. The number of cyclic esters (lactones) is 2. The number of rotatable bonds is 4. The number of ether oxygens (including phenoxy) is 2. The monoisotopic (exact) mass is 339 g/mol. The maximum Gasteiger partial charge on any atom is 0.414 e. The number of halogens is 2. The van der Waals surface area contributed by atoms with E-state index in [0.717, 1.165) is 21.9 Å². The van der Waals surface area contributed by atoms with Crippen molar-refractivity contribution in [3.63, 3.8) is 0 Å². The molecule has 11 heteroatoms. The van der Waals surface area contributed by atoms with Crippen LogP contribution in [0.15, 0.2) is 17.2 Å². The maximum atomic E-state index is 14.3. The summed E-state index contributed by atoms with van der Waals surface area (Å²) in [7, 11) is 0. The van der Waals surface area contributed by atoms with Crippen molar-refractivity contribution in [2.75, 3.05) is 36.0 Å². The van der Waals surface area contributed by atoms with Crippen LogP contribution in [0.5, 0.6) is 0 Å². The quantitative estimate of drug-likeness (QED) is 0.477. The summed E-state index contributed by atoms with van der Waals surface area (Å²) in [6, 6.07) is 1.86. The molecule has 2 saturated heterocycles. The van der Waals surface area contributed by atoms with E-state index in [4.69, 9.17) is 10.3 Å². The first-order valence-electron chi connectivity index (χ1n) is 6.93. The molecule has 0 spiro atoms. The van der Waals surface area contributed by atoms with E-state index >= 15 is 0 Å². The van der Waals surface area contributed by atoms with Crippen LogP contribution in [0.2, 0.25) is 0 Å².